The largest absolute Gasteiger partial charge is 0.347 e. The number of para-hydroxylation sites is 1. The van der Waals surface area contributed by atoms with Gasteiger partial charge in [0.25, 0.3) is 11.8 Å². The lowest BCUT2D eigenvalue weighted by atomic mass is 10.1. The zero-order valence-corrected chi connectivity index (χ0v) is 12.9. The molecule has 3 rings (SSSR count). The lowest BCUT2D eigenvalue weighted by Gasteiger charge is -2.16. The summed E-state index contributed by atoms with van der Waals surface area (Å²) < 4.78 is 2.13. The summed E-state index contributed by atoms with van der Waals surface area (Å²) in [7, 11) is 0. The van der Waals surface area contributed by atoms with Gasteiger partial charge in [-0.3, -0.25) is 20.2 Å². The van der Waals surface area contributed by atoms with Crippen molar-refractivity contribution in [1.29, 1.82) is 0 Å². The monoisotopic (exact) mass is 313 g/mol. The molecule has 2 amide bonds. The Balaban J connectivity index is 2.10. The highest BCUT2D eigenvalue weighted by molar-refractivity contribution is 7.80. The number of fused-ring (bicyclic) bond motifs is 1. The average molecular weight is 313 g/mol. The van der Waals surface area contributed by atoms with Crippen molar-refractivity contribution in [3.8, 4) is 0 Å². The van der Waals surface area contributed by atoms with Crippen LogP contribution < -0.4 is 10.6 Å². The summed E-state index contributed by atoms with van der Waals surface area (Å²) in [6.45, 7) is 2.99. The molecule has 0 atom stereocenters. The van der Waals surface area contributed by atoms with Gasteiger partial charge >= 0.3 is 0 Å². The van der Waals surface area contributed by atoms with Crippen molar-refractivity contribution in [2.24, 2.45) is 0 Å². The molecule has 1 aliphatic rings. The van der Waals surface area contributed by atoms with Crippen molar-refractivity contribution in [3.05, 3.63) is 41.6 Å². The number of carbonyl (C=O) groups excluding carboxylic acids is 2. The van der Waals surface area contributed by atoms with E-state index >= 15 is 0 Å². The van der Waals surface area contributed by atoms with Gasteiger partial charge in [0.05, 0.1) is 0 Å². The van der Waals surface area contributed by atoms with Crippen LogP contribution in [-0.4, -0.2) is 21.5 Å². The minimum atomic E-state index is -0.471. The van der Waals surface area contributed by atoms with Crippen LogP contribution >= 0.6 is 12.2 Å². The molecule has 0 spiro atoms. The Morgan fingerprint density at radius 1 is 1.18 bits per heavy atom. The lowest BCUT2D eigenvalue weighted by Crippen LogP contribution is -2.51. The number of nitrogens with one attached hydrogen (secondary N) is 2. The molecule has 112 valence electrons. The van der Waals surface area contributed by atoms with Gasteiger partial charge in [-0.1, -0.05) is 25.1 Å². The van der Waals surface area contributed by atoms with Gasteiger partial charge < -0.3 is 4.57 Å². The molecule has 2 aromatic rings. The van der Waals surface area contributed by atoms with Crippen LogP contribution in [0.2, 0.25) is 0 Å². The molecule has 1 saturated heterocycles. The van der Waals surface area contributed by atoms with Gasteiger partial charge in [0, 0.05) is 29.2 Å². The Hall–Kier alpha value is -2.47. The van der Waals surface area contributed by atoms with Gasteiger partial charge in [0.15, 0.2) is 5.11 Å². The van der Waals surface area contributed by atoms with E-state index in [0.717, 1.165) is 29.4 Å². The second-order valence-electron chi connectivity index (χ2n) is 5.09. The molecule has 1 aromatic carbocycles. The summed E-state index contributed by atoms with van der Waals surface area (Å²) in [4.78, 5) is 23.9. The Morgan fingerprint density at radius 2 is 1.86 bits per heavy atom. The zero-order chi connectivity index (χ0) is 15.7. The molecule has 0 aliphatic carbocycles. The molecule has 0 radical (unpaired) electrons. The molecular formula is C16H15N3O2S. The predicted molar refractivity (Wildman–Crippen MR) is 89.1 cm³/mol. The fraction of sp³-hybridized carbons (Fsp3) is 0.188. The Bertz CT molecular complexity index is 798. The molecule has 2 heterocycles. The number of benzene rings is 1. The molecule has 1 aromatic heterocycles. The van der Waals surface area contributed by atoms with E-state index in [0.29, 0.717) is 0 Å². The topological polar surface area (TPSA) is 63.1 Å². The first kappa shape index (κ1) is 14.5. The predicted octanol–water partition coefficient (Wildman–Crippen LogP) is 1.97. The molecule has 0 unspecified atom stereocenters. The molecular weight excluding hydrogens is 298 g/mol. The van der Waals surface area contributed by atoms with Crippen LogP contribution in [0.4, 0.5) is 0 Å². The first-order valence-corrected chi connectivity index (χ1v) is 7.47. The van der Waals surface area contributed by atoms with E-state index in [9.17, 15) is 9.59 Å². The maximum Gasteiger partial charge on any atom is 0.263 e. The van der Waals surface area contributed by atoms with Gasteiger partial charge in [-0.2, -0.15) is 0 Å². The lowest BCUT2D eigenvalue weighted by molar-refractivity contribution is -0.123. The second-order valence-corrected chi connectivity index (χ2v) is 5.50. The highest BCUT2D eigenvalue weighted by Crippen LogP contribution is 2.24. The molecule has 2 N–H and O–H groups in total. The fourth-order valence-electron chi connectivity index (χ4n) is 2.58. The van der Waals surface area contributed by atoms with Crippen LogP contribution in [-0.2, 0) is 16.1 Å². The van der Waals surface area contributed by atoms with Crippen LogP contribution in [0.25, 0.3) is 17.0 Å². The number of amides is 2. The molecule has 0 saturated carbocycles. The van der Waals surface area contributed by atoms with Crippen molar-refractivity contribution in [2.45, 2.75) is 19.9 Å². The second kappa shape index (κ2) is 5.73. The maximum atomic E-state index is 12.0. The molecule has 0 bridgehead atoms. The smallest absolute Gasteiger partial charge is 0.263 e. The Morgan fingerprint density at radius 3 is 2.55 bits per heavy atom. The summed E-state index contributed by atoms with van der Waals surface area (Å²) >= 11 is 4.80. The summed E-state index contributed by atoms with van der Waals surface area (Å²) in [6, 6.07) is 7.93. The van der Waals surface area contributed by atoms with E-state index in [1.54, 1.807) is 6.08 Å². The summed E-state index contributed by atoms with van der Waals surface area (Å²) in [5.74, 6) is -0.942. The maximum absolute atomic E-state index is 12.0. The van der Waals surface area contributed by atoms with Crippen LogP contribution in [0.3, 0.4) is 0 Å². The number of carbonyl (C=O) groups is 2. The van der Waals surface area contributed by atoms with Crippen LogP contribution in [0.15, 0.2) is 36.0 Å². The quantitative estimate of drug-likeness (QED) is 0.517. The van der Waals surface area contributed by atoms with Crippen molar-refractivity contribution in [3.63, 3.8) is 0 Å². The Labute approximate surface area is 133 Å². The standard InChI is InChI=1S/C16H15N3O2S/c1-2-7-19-9-10(11-5-3-4-6-13(11)19)8-12-14(20)17-16(22)18-15(12)21/h3-6,8-9H,2,7H2,1H3,(H2,17,18,20,21,22). The molecule has 1 fully saturated rings. The van der Waals surface area contributed by atoms with E-state index in [1.807, 2.05) is 30.5 Å². The molecule has 6 heteroatoms. The van der Waals surface area contributed by atoms with E-state index < -0.39 is 11.8 Å². The summed E-state index contributed by atoms with van der Waals surface area (Å²) in [6.07, 6.45) is 4.58. The van der Waals surface area contributed by atoms with Crippen molar-refractivity contribution in [2.75, 3.05) is 0 Å². The third kappa shape index (κ3) is 2.53. The summed E-state index contributed by atoms with van der Waals surface area (Å²) in [5, 5.41) is 5.94. The number of thiocarbonyl (C=S) groups is 1. The normalized spacial score (nSPS) is 15.0. The van der Waals surface area contributed by atoms with Crippen molar-refractivity contribution in [1.82, 2.24) is 15.2 Å². The number of rotatable bonds is 3. The number of nitrogens with zero attached hydrogens (tertiary/aromatic N) is 1. The van der Waals surface area contributed by atoms with E-state index in [2.05, 4.69) is 22.1 Å². The third-order valence-electron chi connectivity index (χ3n) is 3.53. The summed E-state index contributed by atoms with van der Waals surface area (Å²) in [5.41, 5.74) is 1.99. The number of hydrogen-bond donors (Lipinski definition) is 2. The third-order valence-corrected chi connectivity index (χ3v) is 3.73. The van der Waals surface area contributed by atoms with E-state index in [4.69, 9.17) is 12.2 Å². The minimum absolute atomic E-state index is 0.0422. The molecule has 22 heavy (non-hydrogen) atoms. The SMILES string of the molecule is CCCn1cc(C=C2C(=O)NC(=S)NC2=O)c2ccccc21. The number of aromatic nitrogens is 1. The minimum Gasteiger partial charge on any atom is -0.347 e. The van der Waals surface area contributed by atoms with Crippen LogP contribution in [0.5, 0.6) is 0 Å². The number of hydrogen-bond acceptors (Lipinski definition) is 3. The van der Waals surface area contributed by atoms with Crippen LogP contribution in [0.1, 0.15) is 18.9 Å². The first-order chi connectivity index (χ1) is 10.6. The van der Waals surface area contributed by atoms with E-state index in [1.165, 1.54) is 0 Å². The van der Waals surface area contributed by atoms with Gasteiger partial charge in [0.2, 0.25) is 0 Å². The zero-order valence-electron chi connectivity index (χ0n) is 12.1. The van der Waals surface area contributed by atoms with Crippen molar-refractivity contribution < 1.29 is 9.59 Å². The average Bonchev–Trinajstić information content (AvgIpc) is 2.82. The van der Waals surface area contributed by atoms with Gasteiger partial charge in [-0.25, -0.2) is 0 Å². The van der Waals surface area contributed by atoms with Gasteiger partial charge in [-0.05, 0) is 30.8 Å². The fourth-order valence-corrected chi connectivity index (χ4v) is 2.76. The number of aryl methyl sites for hydroxylation is 1. The van der Waals surface area contributed by atoms with E-state index in [-0.39, 0.29) is 10.7 Å². The molecule has 5 nitrogen and oxygen atoms in total. The van der Waals surface area contributed by atoms with Gasteiger partial charge in [-0.15, -0.1) is 0 Å². The van der Waals surface area contributed by atoms with Gasteiger partial charge in [0.1, 0.15) is 5.57 Å². The molecule has 1 aliphatic heterocycles. The van der Waals surface area contributed by atoms with Crippen molar-refractivity contribution >= 4 is 46.1 Å². The Kier molecular flexibility index (Phi) is 3.77. The first-order valence-electron chi connectivity index (χ1n) is 7.06. The van der Waals surface area contributed by atoms with Crippen LogP contribution in [0, 0.1) is 0 Å². The highest BCUT2D eigenvalue weighted by Gasteiger charge is 2.26. The highest BCUT2D eigenvalue weighted by atomic mass is 32.1.